The maximum Gasteiger partial charge on any atom is 0.0463 e. The number of nitrogens with two attached hydrogens (primary N) is 3. The van der Waals surface area contributed by atoms with Crippen LogP contribution < -0.4 is 36.8 Å². The monoisotopic (exact) mass is 791 g/mol. The molecule has 0 spiro atoms. The van der Waals surface area contributed by atoms with Crippen LogP contribution in [0.5, 0.6) is 0 Å². The van der Waals surface area contributed by atoms with Gasteiger partial charge in [0.2, 0.25) is 0 Å². The van der Waals surface area contributed by atoms with Crippen molar-refractivity contribution in [3.05, 3.63) is 237 Å². The predicted molar refractivity (Wildman–Crippen MR) is 258 cm³/mol. The number of nitrogen functional groups attached to an aromatic ring is 3. The Kier molecular flexibility index (Phi) is 10.8. The third-order valence-electron chi connectivity index (χ3n) is 10.6. The summed E-state index contributed by atoms with van der Waals surface area (Å²) in [5.41, 5.74) is 32.8. The van der Waals surface area contributed by atoms with Gasteiger partial charge in [0.25, 0.3) is 0 Å². The van der Waals surface area contributed by atoms with E-state index in [9.17, 15) is 0 Å². The predicted octanol–water partition coefficient (Wildman–Crippen LogP) is 14.3. The van der Waals surface area contributed by atoms with Crippen molar-refractivity contribution >= 4 is 85.3 Å². The fourth-order valence-electron chi connectivity index (χ4n) is 7.64. The maximum absolute atomic E-state index is 6.11. The van der Waals surface area contributed by atoms with E-state index in [-0.39, 0.29) is 0 Å². The second-order valence-electron chi connectivity index (χ2n) is 14.7. The Bertz CT molecular complexity index is 2470. The lowest BCUT2D eigenvalue weighted by Gasteiger charge is -2.30. The molecule has 0 heterocycles. The van der Waals surface area contributed by atoms with Gasteiger partial charge in [0.15, 0.2) is 0 Å². The molecule has 0 aliphatic rings. The molecule has 0 atom stereocenters. The van der Waals surface area contributed by atoms with Crippen molar-refractivity contribution in [2.24, 2.45) is 0 Å². The summed E-state index contributed by atoms with van der Waals surface area (Å²) in [5.74, 6) is 0. The van der Waals surface area contributed by atoms with Crippen LogP contribution in [-0.2, 0) is 0 Å². The van der Waals surface area contributed by atoms with Gasteiger partial charge >= 0.3 is 0 Å². The molecule has 61 heavy (non-hydrogen) atoms. The molecule has 9 aromatic rings. The van der Waals surface area contributed by atoms with E-state index in [1.165, 1.54) is 0 Å². The summed E-state index contributed by atoms with van der Waals surface area (Å²) in [5, 5.41) is 0. The number of rotatable bonds is 12. The van der Waals surface area contributed by atoms with Crippen LogP contribution in [0, 0.1) is 0 Å². The Morgan fingerprint density at radius 3 is 0.459 bits per heavy atom. The van der Waals surface area contributed by atoms with Crippen LogP contribution in [0.3, 0.4) is 0 Å². The molecule has 9 rings (SSSR count). The highest BCUT2D eigenvalue weighted by Crippen LogP contribution is 2.43. The normalized spacial score (nSPS) is 10.8. The molecule has 0 fully saturated rings. The molecule has 0 aromatic heterocycles. The van der Waals surface area contributed by atoms with E-state index in [4.69, 9.17) is 17.2 Å². The summed E-state index contributed by atoms with van der Waals surface area (Å²) < 4.78 is 0. The second-order valence-corrected chi connectivity index (χ2v) is 14.7. The third-order valence-corrected chi connectivity index (χ3v) is 10.6. The molecular weight excluding hydrogens is 747 g/mol. The highest BCUT2D eigenvalue weighted by molar-refractivity contribution is 5.85. The zero-order valence-corrected chi connectivity index (χ0v) is 33.5. The summed E-state index contributed by atoms with van der Waals surface area (Å²) in [6.45, 7) is 0. The summed E-state index contributed by atoms with van der Waals surface area (Å²) in [6.07, 6.45) is 0. The lowest BCUT2D eigenvalue weighted by Crippen LogP contribution is -2.14. The Hall–Kier alpha value is -8.42. The molecule has 7 nitrogen and oxygen atoms in total. The standard InChI is InChI=1S/C54H45N7/c55-40-16-22-46(23-17-40)58(43-10-4-1-5-11-43)49-28-34-52(35-29-49)61(53-36-30-50(31-37-53)59(44-12-6-2-7-13-44)47-24-18-41(56)19-25-47)54-38-32-51(33-39-54)60(45-14-8-3-9-15-45)48-26-20-42(57)21-27-48/h1-39H,55-57H2. The number of hydrogen-bond donors (Lipinski definition) is 3. The van der Waals surface area contributed by atoms with Crippen molar-refractivity contribution in [3.63, 3.8) is 0 Å². The van der Waals surface area contributed by atoms with Crippen molar-refractivity contribution in [1.82, 2.24) is 0 Å². The van der Waals surface area contributed by atoms with Crippen molar-refractivity contribution in [3.8, 4) is 0 Å². The van der Waals surface area contributed by atoms with Crippen LogP contribution in [-0.4, -0.2) is 0 Å². The average Bonchev–Trinajstić information content (AvgIpc) is 3.31. The van der Waals surface area contributed by atoms with Crippen LogP contribution in [0.25, 0.3) is 0 Å². The zero-order valence-electron chi connectivity index (χ0n) is 33.5. The van der Waals surface area contributed by atoms with E-state index in [2.05, 4.69) is 202 Å². The quantitative estimate of drug-likeness (QED) is 0.106. The molecule has 0 radical (unpaired) electrons. The second kappa shape index (κ2) is 17.2. The minimum Gasteiger partial charge on any atom is -0.399 e. The molecule has 0 saturated carbocycles. The number of nitrogens with zero attached hydrogens (tertiary/aromatic N) is 4. The summed E-state index contributed by atoms with van der Waals surface area (Å²) in [4.78, 5) is 9.01. The van der Waals surface area contributed by atoms with Crippen LogP contribution in [0.4, 0.5) is 85.3 Å². The lowest BCUT2D eigenvalue weighted by atomic mass is 10.1. The van der Waals surface area contributed by atoms with Crippen LogP contribution in [0.2, 0.25) is 0 Å². The molecule has 9 aromatic carbocycles. The van der Waals surface area contributed by atoms with Crippen molar-refractivity contribution in [2.45, 2.75) is 0 Å². The van der Waals surface area contributed by atoms with E-state index < -0.39 is 0 Å². The number of anilines is 15. The van der Waals surface area contributed by atoms with Gasteiger partial charge in [-0.15, -0.1) is 0 Å². The topological polar surface area (TPSA) is 91.0 Å². The third kappa shape index (κ3) is 8.30. The Balaban J connectivity index is 1.13. The summed E-state index contributed by atoms with van der Waals surface area (Å²) >= 11 is 0. The zero-order chi connectivity index (χ0) is 41.5. The molecule has 0 unspecified atom stereocenters. The van der Waals surface area contributed by atoms with Gasteiger partial charge < -0.3 is 36.8 Å². The molecule has 0 amide bonds. The van der Waals surface area contributed by atoms with Gasteiger partial charge in [0.1, 0.15) is 0 Å². The molecule has 0 saturated heterocycles. The number of para-hydroxylation sites is 3. The Morgan fingerprint density at radius 2 is 0.295 bits per heavy atom. The van der Waals surface area contributed by atoms with Gasteiger partial charge in [-0.2, -0.15) is 0 Å². The fraction of sp³-hybridized carbons (Fsp3) is 0. The van der Waals surface area contributed by atoms with Gasteiger partial charge in [0.05, 0.1) is 0 Å². The van der Waals surface area contributed by atoms with Crippen molar-refractivity contribution < 1.29 is 0 Å². The SMILES string of the molecule is Nc1ccc(N(c2ccccc2)c2ccc(N(c3ccc(N(c4ccccc4)c4ccc(N)cc4)cc3)c3ccc(N(c4ccccc4)c4ccc(N)cc4)cc3)cc2)cc1. The minimum atomic E-state index is 0.723. The van der Waals surface area contributed by atoms with E-state index >= 15 is 0 Å². The number of hydrogen-bond acceptors (Lipinski definition) is 7. The first-order valence-corrected chi connectivity index (χ1v) is 20.2. The first-order valence-electron chi connectivity index (χ1n) is 20.2. The molecule has 0 aliphatic carbocycles. The molecule has 0 aliphatic heterocycles. The summed E-state index contributed by atoms with van der Waals surface area (Å²) in [6, 6.07) is 81.2. The van der Waals surface area contributed by atoms with Crippen molar-refractivity contribution in [2.75, 3.05) is 36.8 Å². The van der Waals surface area contributed by atoms with Crippen LogP contribution in [0.1, 0.15) is 0 Å². The van der Waals surface area contributed by atoms with Gasteiger partial charge in [0, 0.05) is 85.3 Å². The van der Waals surface area contributed by atoms with Gasteiger partial charge in [-0.05, 0) is 182 Å². The lowest BCUT2D eigenvalue weighted by molar-refractivity contribution is 1.24. The Labute approximate surface area is 357 Å². The first kappa shape index (κ1) is 38.1. The van der Waals surface area contributed by atoms with Gasteiger partial charge in [-0.25, -0.2) is 0 Å². The van der Waals surface area contributed by atoms with E-state index in [1.807, 2.05) is 54.6 Å². The maximum atomic E-state index is 6.11. The van der Waals surface area contributed by atoms with Crippen LogP contribution >= 0.6 is 0 Å². The smallest absolute Gasteiger partial charge is 0.0463 e. The highest BCUT2D eigenvalue weighted by atomic mass is 15.2. The molecule has 0 bridgehead atoms. The largest absolute Gasteiger partial charge is 0.399 e. The minimum absolute atomic E-state index is 0.723. The summed E-state index contributed by atoms with van der Waals surface area (Å²) in [7, 11) is 0. The molecule has 7 heteroatoms. The first-order chi connectivity index (χ1) is 30.0. The van der Waals surface area contributed by atoms with Crippen molar-refractivity contribution in [1.29, 1.82) is 0 Å². The van der Waals surface area contributed by atoms with E-state index in [0.717, 1.165) is 85.3 Å². The molecule has 296 valence electrons. The van der Waals surface area contributed by atoms with Crippen LogP contribution in [0.15, 0.2) is 237 Å². The van der Waals surface area contributed by atoms with Gasteiger partial charge in [-0.3, -0.25) is 0 Å². The molecule has 6 N–H and O–H groups in total. The van der Waals surface area contributed by atoms with Gasteiger partial charge in [-0.1, -0.05) is 54.6 Å². The van der Waals surface area contributed by atoms with E-state index in [1.54, 1.807) is 0 Å². The Morgan fingerprint density at radius 1 is 0.164 bits per heavy atom. The highest BCUT2D eigenvalue weighted by Gasteiger charge is 2.19. The average molecular weight is 792 g/mol. The fourth-order valence-corrected chi connectivity index (χ4v) is 7.64. The molecular formula is C54H45N7. The van der Waals surface area contributed by atoms with E-state index in [0.29, 0.717) is 0 Å². The number of benzene rings is 9.